The number of carbonyl (C=O) groups excluding carboxylic acids is 1. The van der Waals surface area contributed by atoms with Crippen molar-refractivity contribution in [2.24, 2.45) is 16.5 Å². The molecule has 2 heterocycles. The molecule has 0 saturated carbocycles. The van der Waals surface area contributed by atoms with Crippen LogP contribution in [0.2, 0.25) is 0 Å². The zero-order valence-corrected chi connectivity index (χ0v) is 16.1. The van der Waals surface area contributed by atoms with E-state index in [0.29, 0.717) is 6.54 Å². The number of aliphatic imine (C=N–C) groups is 1. The van der Waals surface area contributed by atoms with E-state index >= 15 is 0 Å². The third kappa shape index (κ3) is 4.69. The van der Waals surface area contributed by atoms with Crippen molar-refractivity contribution >= 4 is 34.1 Å². The highest BCUT2D eigenvalue weighted by Crippen LogP contribution is 2.38. The van der Waals surface area contributed by atoms with Crippen molar-refractivity contribution in [3.05, 3.63) is 51.3 Å². The van der Waals surface area contributed by atoms with Gasteiger partial charge in [0.2, 0.25) is 0 Å². The van der Waals surface area contributed by atoms with Crippen LogP contribution >= 0.6 is 11.3 Å². The Morgan fingerprint density at radius 1 is 1.28 bits per heavy atom. The van der Waals surface area contributed by atoms with Gasteiger partial charge < -0.3 is 21.2 Å². The number of ether oxygens (including phenoxy) is 1. The Balaban J connectivity index is 1.94. The highest BCUT2D eigenvalue weighted by Gasteiger charge is 2.34. The van der Waals surface area contributed by atoms with Crippen molar-refractivity contribution in [1.29, 1.82) is 0 Å². The van der Waals surface area contributed by atoms with Crippen molar-refractivity contribution in [1.82, 2.24) is 10.3 Å². The number of halogens is 3. The first kappa shape index (κ1) is 20.7. The van der Waals surface area contributed by atoms with Gasteiger partial charge in [-0.25, -0.2) is 0 Å². The summed E-state index contributed by atoms with van der Waals surface area (Å²) in [5, 5.41) is 2.12. The monoisotopic (exact) mass is 425 g/mol. The number of H-pyrrole nitrogens is 1. The van der Waals surface area contributed by atoms with Crippen LogP contribution in [-0.2, 0) is 19.3 Å². The first-order chi connectivity index (χ1) is 13.7. The number of hydrogen-bond donors (Lipinski definition) is 4. The van der Waals surface area contributed by atoms with Crippen LogP contribution in [0.1, 0.15) is 25.8 Å². The molecule has 0 aliphatic carbocycles. The average molecular weight is 425 g/mol. The highest BCUT2D eigenvalue weighted by molar-refractivity contribution is 7.11. The lowest BCUT2D eigenvalue weighted by atomic mass is 10.1. The number of nitrogens with zero attached hydrogens (tertiary/aromatic N) is 1. The zero-order chi connectivity index (χ0) is 21.2. The fourth-order valence-electron chi connectivity index (χ4n) is 2.65. The van der Waals surface area contributed by atoms with Crippen molar-refractivity contribution in [2.45, 2.75) is 19.3 Å². The molecular weight excluding hydrogens is 407 g/mol. The quantitative estimate of drug-likeness (QED) is 0.371. The summed E-state index contributed by atoms with van der Waals surface area (Å²) in [5.41, 5.74) is 10.1. The third-order valence-corrected chi connectivity index (χ3v) is 5.12. The maximum absolute atomic E-state index is 13.6. The lowest BCUT2D eigenvalue weighted by Crippen LogP contribution is -2.36. The van der Waals surface area contributed by atoms with Gasteiger partial charge >= 0.3 is 6.18 Å². The topological polar surface area (TPSA) is 119 Å². The molecule has 0 aliphatic rings. The van der Waals surface area contributed by atoms with Gasteiger partial charge in [0.25, 0.3) is 5.91 Å². The number of nitrogens with one attached hydrogen (secondary N) is 2. The Hall–Kier alpha value is -3.05. The molecule has 0 spiro atoms. The summed E-state index contributed by atoms with van der Waals surface area (Å²) in [5.74, 6) is -0.828. The van der Waals surface area contributed by atoms with Gasteiger partial charge in [-0.05, 0) is 24.3 Å². The van der Waals surface area contributed by atoms with Crippen LogP contribution in [0.25, 0.3) is 10.9 Å². The molecule has 0 fully saturated rings. The number of aromatic amines is 1. The molecule has 3 rings (SSSR count). The standard InChI is InChI=1S/C18H18F3N5O2S/c1-24-17(23)26-16(27)15-6-12-13(18(19,20)21)4-9(5-14(12)25-15)28-8-11-3-2-10(7-22)29-11/h2-6,25H,7-8,22H2,1H3,(H3,23,24,26,27). The molecule has 7 nitrogen and oxygen atoms in total. The van der Waals surface area contributed by atoms with Gasteiger partial charge in [0, 0.05) is 34.8 Å². The Kier molecular flexibility index (Phi) is 5.80. The van der Waals surface area contributed by atoms with E-state index in [-0.39, 0.29) is 34.9 Å². The van der Waals surface area contributed by atoms with Gasteiger partial charge in [0.05, 0.1) is 11.1 Å². The van der Waals surface area contributed by atoms with Gasteiger partial charge in [-0.1, -0.05) is 0 Å². The molecule has 6 N–H and O–H groups in total. The number of fused-ring (bicyclic) bond motifs is 1. The number of thiophene rings is 1. The van der Waals surface area contributed by atoms with E-state index in [1.54, 1.807) is 0 Å². The van der Waals surface area contributed by atoms with Gasteiger partial charge in [-0.2, -0.15) is 13.2 Å². The number of hydrogen-bond acceptors (Lipinski definition) is 5. The molecule has 0 radical (unpaired) electrons. The minimum Gasteiger partial charge on any atom is -0.488 e. The molecule has 3 aromatic rings. The number of rotatable bonds is 5. The molecule has 29 heavy (non-hydrogen) atoms. The maximum Gasteiger partial charge on any atom is 0.417 e. The van der Waals surface area contributed by atoms with Gasteiger partial charge in [0.1, 0.15) is 18.1 Å². The SMILES string of the molecule is CN=C(N)NC(=O)c1cc2c(C(F)(F)F)cc(OCc3ccc(CN)s3)cc2[nH]1. The number of aromatic nitrogens is 1. The van der Waals surface area contributed by atoms with Crippen LogP contribution in [0.4, 0.5) is 13.2 Å². The van der Waals surface area contributed by atoms with Crippen LogP contribution < -0.4 is 21.5 Å². The lowest BCUT2D eigenvalue weighted by molar-refractivity contribution is -0.136. The second kappa shape index (κ2) is 8.13. The van der Waals surface area contributed by atoms with Crippen LogP contribution in [0.15, 0.2) is 35.3 Å². The average Bonchev–Trinajstić information content (AvgIpc) is 3.31. The summed E-state index contributed by atoms with van der Waals surface area (Å²) in [7, 11) is 1.37. The summed E-state index contributed by atoms with van der Waals surface area (Å²) in [4.78, 5) is 20.2. The minimum absolute atomic E-state index is 0.0240. The first-order valence-corrected chi connectivity index (χ1v) is 9.21. The van der Waals surface area contributed by atoms with E-state index in [4.69, 9.17) is 16.2 Å². The number of amides is 1. The van der Waals surface area contributed by atoms with Crippen LogP contribution in [0.5, 0.6) is 5.75 Å². The maximum atomic E-state index is 13.6. The number of alkyl halides is 3. The lowest BCUT2D eigenvalue weighted by Gasteiger charge is -2.11. The molecule has 0 atom stereocenters. The normalized spacial score (nSPS) is 12.4. The number of nitrogens with two attached hydrogens (primary N) is 2. The fourth-order valence-corrected chi connectivity index (χ4v) is 3.47. The number of benzene rings is 1. The van der Waals surface area contributed by atoms with Gasteiger partial charge in [-0.3, -0.25) is 15.1 Å². The van der Waals surface area contributed by atoms with E-state index in [1.807, 2.05) is 12.1 Å². The third-order valence-electron chi connectivity index (χ3n) is 4.04. The van der Waals surface area contributed by atoms with Gasteiger partial charge in [0.15, 0.2) is 5.96 Å². The Bertz CT molecular complexity index is 1070. The molecule has 11 heteroatoms. The fraction of sp³-hybridized carbons (Fsp3) is 0.222. The van der Waals surface area contributed by atoms with Gasteiger partial charge in [-0.15, -0.1) is 11.3 Å². The van der Waals surface area contributed by atoms with Crippen molar-refractivity contribution < 1.29 is 22.7 Å². The summed E-state index contributed by atoms with van der Waals surface area (Å²) >= 11 is 1.43. The van der Waals surface area contributed by atoms with Crippen LogP contribution in [0.3, 0.4) is 0 Å². The van der Waals surface area contributed by atoms with E-state index < -0.39 is 17.6 Å². The van der Waals surface area contributed by atoms with Crippen molar-refractivity contribution in [3.63, 3.8) is 0 Å². The van der Waals surface area contributed by atoms with E-state index in [1.165, 1.54) is 24.5 Å². The molecule has 0 unspecified atom stereocenters. The summed E-state index contributed by atoms with van der Waals surface area (Å²) < 4.78 is 46.2. The Morgan fingerprint density at radius 3 is 2.62 bits per heavy atom. The largest absolute Gasteiger partial charge is 0.488 e. The molecule has 0 bridgehead atoms. The molecule has 154 valence electrons. The first-order valence-electron chi connectivity index (χ1n) is 8.39. The van der Waals surface area contributed by atoms with Crippen LogP contribution in [0, 0.1) is 0 Å². The molecular formula is C18H18F3N5O2S. The van der Waals surface area contributed by atoms with E-state index in [0.717, 1.165) is 21.9 Å². The van der Waals surface area contributed by atoms with Crippen LogP contribution in [-0.4, -0.2) is 23.9 Å². The molecule has 0 aliphatic heterocycles. The second-order valence-corrected chi connectivity index (χ2v) is 7.29. The van der Waals surface area contributed by atoms with Crippen molar-refractivity contribution in [3.8, 4) is 5.75 Å². The summed E-state index contributed by atoms with van der Waals surface area (Å²) in [6.07, 6.45) is -4.63. The predicted molar refractivity (Wildman–Crippen MR) is 105 cm³/mol. The predicted octanol–water partition coefficient (Wildman–Crippen LogP) is 2.96. The smallest absolute Gasteiger partial charge is 0.417 e. The second-order valence-electron chi connectivity index (χ2n) is 6.04. The molecule has 1 aromatic carbocycles. The Labute approximate surface area is 167 Å². The van der Waals surface area contributed by atoms with Crippen molar-refractivity contribution in [2.75, 3.05) is 7.05 Å². The highest BCUT2D eigenvalue weighted by atomic mass is 32.1. The zero-order valence-electron chi connectivity index (χ0n) is 15.3. The molecule has 1 amide bonds. The minimum atomic E-state index is -4.63. The summed E-state index contributed by atoms with van der Waals surface area (Å²) in [6.45, 7) is 0.487. The summed E-state index contributed by atoms with van der Waals surface area (Å²) in [6, 6.07) is 7.10. The molecule has 0 saturated heterocycles. The van der Waals surface area contributed by atoms with E-state index in [9.17, 15) is 18.0 Å². The molecule has 2 aromatic heterocycles. The Morgan fingerprint density at radius 2 is 2.00 bits per heavy atom. The number of carbonyl (C=O) groups is 1. The number of guanidine groups is 1. The van der Waals surface area contributed by atoms with E-state index in [2.05, 4.69) is 15.3 Å².